The minimum absolute atomic E-state index is 1.13. The van der Waals surface area contributed by atoms with E-state index in [4.69, 9.17) is 10.4 Å². The summed E-state index contributed by atoms with van der Waals surface area (Å²) in [6.45, 7) is 1.22. The summed E-state index contributed by atoms with van der Waals surface area (Å²) in [5.41, 5.74) is 0. The first kappa shape index (κ1) is 6.39. The Morgan fingerprint density at radius 3 is 2.29 bits per heavy atom. The minimum Gasteiger partial charge on any atom is -0.479 e. The van der Waals surface area contributed by atoms with Crippen molar-refractivity contribution in [2.75, 3.05) is 0 Å². The Hall–Kier alpha value is -0.610. The molecule has 0 aromatic heterocycles. The molecule has 7 heavy (non-hydrogen) atoms. The lowest BCUT2D eigenvalue weighted by Crippen LogP contribution is -2.17. The van der Waals surface area contributed by atoms with Crippen LogP contribution < -0.4 is 0 Å². The second-order valence-corrected chi connectivity index (χ2v) is 1.09. The highest BCUT2D eigenvalue weighted by atomic mass is 17.1. The predicted octanol–water partition coefficient (Wildman–Crippen LogP) is -0.0509. The molecule has 4 heteroatoms. The van der Waals surface area contributed by atoms with E-state index in [9.17, 15) is 4.79 Å². The molecule has 2 N–H and O–H groups in total. The third-order valence-electron chi connectivity index (χ3n) is 0.506. The van der Waals surface area contributed by atoms with Crippen LogP contribution in [0.25, 0.3) is 0 Å². The van der Waals surface area contributed by atoms with Crippen LogP contribution in [-0.4, -0.2) is 22.4 Å². The lowest BCUT2D eigenvalue weighted by atomic mass is 10.4. The first-order valence-corrected chi connectivity index (χ1v) is 1.71. The van der Waals surface area contributed by atoms with Crippen molar-refractivity contribution in [3.63, 3.8) is 0 Å². The molecule has 0 amide bonds. The fraction of sp³-hybridized carbons (Fsp3) is 0.667. The zero-order chi connectivity index (χ0) is 5.86. The predicted molar refractivity (Wildman–Crippen MR) is 20.8 cm³/mol. The first-order valence-electron chi connectivity index (χ1n) is 1.71. The molecular formula is C3H6O4. The van der Waals surface area contributed by atoms with E-state index >= 15 is 0 Å². The fourth-order valence-corrected chi connectivity index (χ4v) is 0.0451. The van der Waals surface area contributed by atoms with Gasteiger partial charge in [0.25, 0.3) is 0 Å². The summed E-state index contributed by atoms with van der Waals surface area (Å²) in [5.74, 6) is -1.18. The molecule has 42 valence electrons. The number of carboxylic acid groups (broad SMARTS) is 1. The molecule has 0 heterocycles. The van der Waals surface area contributed by atoms with Crippen molar-refractivity contribution in [3.05, 3.63) is 0 Å². The van der Waals surface area contributed by atoms with Gasteiger partial charge in [-0.2, -0.15) is 0 Å². The highest BCUT2D eigenvalue weighted by molar-refractivity contribution is 5.71. The van der Waals surface area contributed by atoms with E-state index in [1.807, 2.05) is 0 Å². The van der Waals surface area contributed by atoms with Gasteiger partial charge in [-0.15, -0.1) is 0 Å². The van der Waals surface area contributed by atoms with Crippen LogP contribution in [-0.2, 0) is 9.68 Å². The van der Waals surface area contributed by atoms with Gasteiger partial charge >= 0.3 is 5.97 Å². The summed E-state index contributed by atoms with van der Waals surface area (Å²) < 4.78 is 0. The summed E-state index contributed by atoms with van der Waals surface area (Å²) in [6.07, 6.45) is -1.13. The molecule has 0 saturated carbocycles. The standard InChI is InChI=1S/C3H6O4/c1-2(7-6)3(4)5/h2,6H,1H3,(H,4,5). The molecular weight excluding hydrogens is 100 g/mol. The van der Waals surface area contributed by atoms with Crippen molar-refractivity contribution in [2.24, 2.45) is 0 Å². The molecule has 0 aliphatic rings. The normalized spacial score (nSPS) is 13.4. The number of aliphatic carboxylic acids is 1. The SMILES string of the molecule is CC(OO)C(=O)O. The molecule has 0 rings (SSSR count). The Kier molecular flexibility index (Phi) is 2.32. The van der Waals surface area contributed by atoms with E-state index in [1.165, 1.54) is 6.92 Å². The maximum absolute atomic E-state index is 9.65. The zero-order valence-electron chi connectivity index (χ0n) is 3.79. The van der Waals surface area contributed by atoms with Crippen molar-refractivity contribution in [1.82, 2.24) is 0 Å². The highest BCUT2D eigenvalue weighted by Crippen LogP contribution is 1.83. The summed E-state index contributed by atoms with van der Waals surface area (Å²) in [6, 6.07) is 0. The first-order chi connectivity index (χ1) is 3.18. The quantitative estimate of drug-likeness (QED) is 0.382. The Bertz CT molecular complexity index is 69.3. The molecule has 1 unspecified atom stereocenters. The number of carbonyl (C=O) groups is 1. The van der Waals surface area contributed by atoms with Crippen molar-refractivity contribution >= 4 is 5.97 Å². The maximum atomic E-state index is 9.65. The Balaban J connectivity index is 3.34. The molecule has 0 radical (unpaired) electrons. The van der Waals surface area contributed by atoms with E-state index < -0.39 is 12.1 Å². The van der Waals surface area contributed by atoms with Gasteiger partial charge in [-0.1, -0.05) is 0 Å². The second kappa shape index (κ2) is 2.54. The Morgan fingerprint density at radius 1 is 1.86 bits per heavy atom. The lowest BCUT2D eigenvalue weighted by molar-refractivity contribution is -0.272. The van der Waals surface area contributed by atoms with Gasteiger partial charge in [0.15, 0.2) is 6.10 Å². The zero-order valence-corrected chi connectivity index (χ0v) is 3.79. The molecule has 0 saturated heterocycles. The smallest absolute Gasteiger partial charge is 0.335 e. The molecule has 0 aliphatic heterocycles. The molecule has 4 nitrogen and oxygen atoms in total. The molecule has 0 bridgehead atoms. The van der Waals surface area contributed by atoms with E-state index in [0.717, 1.165) is 0 Å². The number of carboxylic acids is 1. The molecule has 0 spiro atoms. The largest absolute Gasteiger partial charge is 0.479 e. The molecule has 0 aromatic carbocycles. The number of hydrogen-bond donors (Lipinski definition) is 2. The van der Waals surface area contributed by atoms with Gasteiger partial charge in [-0.3, -0.25) is 5.26 Å². The van der Waals surface area contributed by atoms with Gasteiger partial charge in [-0.25, -0.2) is 9.68 Å². The van der Waals surface area contributed by atoms with E-state index in [2.05, 4.69) is 4.89 Å². The molecule has 0 aliphatic carbocycles. The topological polar surface area (TPSA) is 66.8 Å². The lowest BCUT2D eigenvalue weighted by Gasteiger charge is -1.96. The van der Waals surface area contributed by atoms with E-state index in [0.29, 0.717) is 0 Å². The average Bonchev–Trinajstić information content (AvgIpc) is 1.65. The highest BCUT2D eigenvalue weighted by Gasteiger charge is 2.08. The average molecular weight is 106 g/mol. The van der Waals surface area contributed by atoms with Gasteiger partial charge in [0.05, 0.1) is 0 Å². The van der Waals surface area contributed by atoms with Crippen molar-refractivity contribution in [3.8, 4) is 0 Å². The van der Waals surface area contributed by atoms with Gasteiger partial charge in [0.2, 0.25) is 0 Å². The van der Waals surface area contributed by atoms with E-state index in [1.54, 1.807) is 0 Å². The van der Waals surface area contributed by atoms with Crippen LogP contribution in [0.3, 0.4) is 0 Å². The van der Waals surface area contributed by atoms with Crippen molar-refractivity contribution in [1.29, 1.82) is 0 Å². The van der Waals surface area contributed by atoms with Gasteiger partial charge < -0.3 is 5.11 Å². The van der Waals surface area contributed by atoms with Gasteiger partial charge in [0, 0.05) is 0 Å². The Labute approximate surface area is 40.3 Å². The number of rotatable bonds is 2. The summed E-state index contributed by atoms with van der Waals surface area (Å²) in [5, 5.41) is 15.5. The van der Waals surface area contributed by atoms with Crippen LogP contribution in [0.2, 0.25) is 0 Å². The van der Waals surface area contributed by atoms with Crippen molar-refractivity contribution in [2.45, 2.75) is 13.0 Å². The third kappa shape index (κ3) is 2.13. The van der Waals surface area contributed by atoms with Gasteiger partial charge in [0.1, 0.15) is 0 Å². The van der Waals surface area contributed by atoms with Crippen LogP contribution in [0.4, 0.5) is 0 Å². The second-order valence-electron chi connectivity index (χ2n) is 1.09. The molecule has 1 atom stereocenters. The third-order valence-corrected chi connectivity index (χ3v) is 0.506. The maximum Gasteiger partial charge on any atom is 0.335 e. The molecule has 0 fully saturated rings. The number of hydrogen-bond acceptors (Lipinski definition) is 3. The summed E-state index contributed by atoms with van der Waals surface area (Å²) >= 11 is 0. The van der Waals surface area contributed by atoms with Gasteiger partial charge in [-0.05, 0) is 6.92 Å². The monoisotopic (exact) mass is 106 g/mol. The minimum atomic E-state index is -1.18. The van der Waals surface area contributed by atoms with Crippen LogP contribution in [0.15, 0.2) is 0 Å². The molecule has 0 aromatic rings. The van der Waals surface area contributed by atoms with Crippen LogP contribution >= 0.6 is 0 Å². The van der Waals surface area contributed by atoms with E-state index in [-0.39, 0.29) is 0 Å². The fourth-order valence-electron chi connectivity index (χ4n) is 0.0451. The van der Waals surface area contributed by atoms with Crippen LogP contribution in [0.5, 0.6) is 0 Å². The Morgan fingerprint density at radius 2 is 2.29 bits per heavy atom. The summed E-state index contributed by atoms with van der Waals surface area (Å²) in [4.78, 5) is 13.1. The summed E-state index contributed by atoms with van der Waals surface area (Å²) in [7, 11) is 0. The van der Waals surface area contributed by atoms with Crippen molar-refractivity contribution < 1.29 is 20.0 Å². The van der Waals surface area contributed by atoms with Crippen LogP contribution in [0.1, 0.15) is 6.92 Å². The van der Waals surface area contributed by atoms with Crippen LogP contribution in [0, 0.1) is 0 Å².